The zero-order valence-corrected chi connectivity index (χ0v) is 10.6. The third-order valence-electron chi connectivity index (χ3n) is 4.09. The van der Waals surface area contributed by atoms with Crippen molar-refractivity contribution >= 4 is 11.7 Å². The van der Waals surface area contributed by atoms with Gasteiger partial charge in [0.1, 0.15) is 0 Å². The number of nitrogens with zero attached hydrogens (tertiary/aromatic N) is 1. The van der Waals surface area contributed by atoms with Gasteiger partial charge < -0.3 is 4.90 Å². The minimum atomic E-state index is 0.198. The van der Waals surface area contributed by atoms with Gasteiger partial charge in [0.2, 0.25) is 5.91 Å². The Labute approximate surface area is 104 Å². The van der Waals surface area contributed by atoms with E-state index in [1.54, 1.807) is 4.90 Å². The second-order valence-corrected chi connectivity index (χ2v) is 5.50. The predicted molar refractivity (Wildman–Crippen MR) is 66.6 cm³/mol. The highest BCUT2D eigenvalue weighted by molar-refractivity contribution is 5.87. The van der Waals surface area contributed by atoms with Gasteiger partial charge in [0.25, 0.3) is 0 Å². The topological polar surface area (TPSA) is 37.4 Å². The molecule has 3 nitrogen and oxygen atoms in total. The van der Waals surface area contributed by atoms with Crippen LogP contribution in [0, 0.1) is 5.92 Å². The molecule has 0 atom stereocenters. The zero-order valence-electron chi connectivity index (χ0n) is 10.6. The molecule has 0 N–H and O–H groups in total. The van der Waals surface area contributed by atoms with E-state index in [1.165, 1.54) is 32.1 Å². The Morgan fingerprint density at radius 1 is 1.18 bits per heavy atom. The van der Waals surface area contributed by atoms with Crippen LogP contribution in [0.5, 0.6) is 0 Å². The minimum Gasteiger partial charge on any atom is -0.335 e. The second-order valence-electron chi connectivity index (χ2n) is 5.50. The standard InChI is InChI=1S/C14H23NO2/c16-13-7-4-10-15(11-13)14(17)9-8-12-5-2-1-3-6-12/h12H,1-11H2. The average Bonchev–Trinajstić information content (AvgIpc) is 2.37. The van der Waals surface area contributed by atoms with E-state index in [0.717, 1.165) is 25.3 Å². The highest BCUT2D eigenvalue weighted by Gasteiger charge is 2.22. The summed E-state index contributed by atoms with van der Waals surface area (Å²) in [5, 5.41) is 0. The summed E-state index contributed by atoms with van der Waals surface area (Å²) in [5.41, 5.74) is 0. The fourth-order valence-corrected chi connectivity index (χ4v) is 3.01. The van der Waals surface area contributed by atoms with Crippen molar-refractivity contribution < 1.29 is 9.59 Å². The fourth-order valence-electron chi connectivity index (χ4n) is 3.01. The normalized spacial score (nSPS) is 22.8. The number of rotatable bonds is 3. The Balaban J connectivity index is 1.70. The first-order chi connectivity index (χ1) is 8.25. The van der Waals surface area contributed by atoms with Gasteiger partial charge >= 0.3 is 0 Å². The van der Waals surface area contributed by atoms with E-state index in [2.05, 4.69) is 0 Å². The Morgan fingerprint density at radius 3 is 2.65 bits per heavy atom. The molecule has 2 aliphatic rings. The summed E-state index contributed by atoms with van der Waals surface area (Å²) >= 11 is 0. The number of piperidine rings is 1. The van der Waals surface area contributed by atoms with Crippen molar-refractivity contribution in [2.45, 2.75) is 57.8 Å². The van der Waals surface area contributed by atoms with E-state index in [4.69, 9.17) is 0 Å². The van der Waals surface area contributed by atoms with Crippen molar-refractivity contribution in [1.29, 1.82) is 0 Å². The lowest BCUT2D eigenvalue weighted by Gasteiger charge is -2.27. The third kappa shape index (κ3) is 3.83. The third-order valence-corrected chi connectivity index (χ3v) is 4.09. The van der Waals surface area contributed by atoms with Crippen LogP contribution in [0.2, 0.25) is 0 Å². The van der Waals surface area contributed by atoms with Gasteiger partial charge in [-0.3, -0.25) is 9.59 Å². The average molecular weight is 237 g/mol. The van der Waals surface area contributed by atoms with Crippen LogP contribution in [0.25, 0.3) is 0 Å². The van der Waals surface area contributed by atoms with Crippen LogP contribution in [-0.4, -0.2) is 29.7 Å². The summed E-state index contributed by atoms with van der Waals surface area (Å²) in [6.07, 6.45) is 9.83. The molecule has 2 rings (SSSR count). The highest BCUT2D eigenvalue weighted by atomic mass is 16.2. The molecule has 1 amide bonds. The zero-order chi connectivity index (χ0) is 12.1. The van der Waals surface area contributed by atoms with E-state index < -0.39 is 0 Å². The number of hydrogen-bond acceptors (Lipinski definition) is 2. The molecule has 3 heteroatoms. The lowest BCUT2D eigenvalue weighted by molar-refractivity contribution is -0.137. The molecule has 0 aromatic heterocycles. The molecule has 1 aliphatic carbocycles. The molecule has 1 aliphatic heterocycles. The van der Waals surface area contributed by atoms with Crippen LogP contribution in [0.4, 0.5) is 0 Å². The molecular formula is C14H23NO2. The largest absolute Gasteiger partial charge is 0.335 e. The number of hydrogen-bond donors (Lipinski definition) is 0. The van der Waals surface area contributed by atoms with E-state index >= 15 is 0 Å². The van der Waals surface area contributed by atoms with Crippen LogP contribution in [0.3, 0.4) is 0 Å². The van der Waals surface area contributed by atoms with Crippen LogP contribution in [0.1, 0.15) is 57.8 Å². The van der Waals surface area contributed by atoms with E-state index in [9.17, 15) is 9.59 Å². The number of carbonyl (C=O) groups excluding carboxylic acids is 2. The molecule has 0 unspecified atom stereocenters. The molecule has 0 aromatic rings. The molecule has 1 saturated heterocycles. The molecule has 0 bridgehead atoms. The summed E-state index contributed by atoms with van der Waals surface area (Å²) in [7, 11) is 0. The van der Waals surface area contributed by atoms with Gasteiger partial charge in [-0.1, -0.05) is 32.1 Å². The van der Waals surface area contributed by atoms with Crippen LogP contribution in [0.15, 0.2) is 0 Å². The molecule has 0 aromatic carbocycles. The Morgan fingerprint density at radius 2 is 1.94 bits per heavy atom. The molecule has 2 fully saturated rings. The van der Waals surface area contributed by atoms with Gasteiger partial charge in [0, 0.05) is 19.4 Å². The van der Waals surface area contributed by atoms with Crippen LogP contribution < -0.4 is 0 Å². The number of likely N-dealkylation sites (tertiary alicyclic amines) is 1. The van der Waals surface area contributed by atoms with E-state index in [-0.39, 0.29) is 11.7 Å². The van der Waals surface area contributed by atoms with Crippen LogP contribution >= 0.6 is 0 Å². The molecule has 0 spiro atoms. The second kappa shape index (κ2) is 6.18. The van der Waals surface area contributed by atoms with E-state index in [0.29, 0.717) is 19.4 Å². The van der Waals surface area contributed by atoms with Crippen molar-refractivity contribution in [3.63, 3.8) is 0 Å². The lowest BCUT2D eigenvalue weighted by atomic mass is 9.86. The molecule has 17 heavy (non-hydrogen) atoms. The molecular weight excluding hydrogens is 214 g/mol. The number of amides is 1. The molecule has 1 heterocycles. The van der Waals surface area contributed by atoms with Crippen molar-refractivity contribution in [2.75, 3.05) is 13.1 Å². The van der Waals surface area contributed by atoms with Gasteiger partial charge in [0.15, 0.2) is 5.78 Å². The first-order valence-electron chi connectivity index (χ1n) is 7.05. The number of carbonyl (C=O) groups is 2. The molecule has 96 valence electrons. The maximum atomic E-state index is 12.0. The number of ketones is 1. The van der Waals surface area contributed by atoms with Gasteiger partial charge in [-0.05, 0) is 18.8 Å². The first kappa shape index (κ1) is 12.6. The van der Waals surface area contributed by atoms with Crippen molar-refractivity contribution in [2.24, 2.45) is 5.92 Å². The minimum absolute atomic E-state index is 0.198. The Bertz CT molecular complexity index is 282. The molecule has 0 radical (unpaired) electrons. The Kier molecular flexibility index (Phi) is 4.57. The fraction of sp³-hybridized carbons (Fsp3) is 0.857. The quantitative estimate of drug-likeness (QED) is 0.756. The summed E-state index contributed by atoms with van der Waals surface area (Å²) in [6, 6.07) is 0. The number of Topliss-reactive ketones (excluding diaryl/α,β-unsaturated/α-hetero) is 1. The lowest BCUT2D eigenvalue weighted by Crippen LogP contribution is -2.40. The summed E-state index contributed by atoms with van der Waals surface area (Å²) in [6.45, 7) is 1.15. The van der Waals surface area contributed by atoms with E-state index in [1.807, 2.05) is 0 Å². The summed E-state index contributed by atoms with van der Waals surface area (Å²) in [5.74, 6) is 1.18. The van der Waals surface area contributed by atoms with Gasteiger partial charge in [0.05, 0.1) is 6.54 Å². The van der Waals surface area contributed by atoms with Gasteiger partial charge in [-0.15, -0.1) is 0 Å². The maximum Gasteiger partial charge on any atom is 0.222 e. The van der Waals surface area contributed by atoms with Gasteiger partial charge in [-0.25, -0.2) is 0 Å². The van der Waals surface area contributed by atoms with Crippen LogP contribution in [-0.2, 0) is 9.59 Å². The SMILES string of the molecule is O=C1CCCN(C(=O)CCC2CCCCC2)C1. The molecule has 1 saturated carbocycles. The first-order valence-corrected chi connectivity index (χ1v) is 7.05. The smallest absolute Gasteiger partial charge is 0.222 e. The summed E-state index contributed by atoms with van der Waals surface area (Å²) < 4.78 is 0. The van der Waals surface area contributed by atoms with Crippen molar-refractivity contribution in [3.8, 4) is 0 Å². The monoisotopic (exact) mass is 237 g/mol. The van der Waals surface area contributed by atoms with Crippen molar-refractivity contribution in [3.05, 3.63) is 0 Å². The summed E-state index contributed by atoms with van der Waals surface area (Å²) in [4.78, 5) is 25.0. The van der Waals surface area contributed by atoms with Crippen molar-refractivity contribution in [1.82, 2.24) is 4.90 Å². The van der Waals surface area contributed by atoms with Gasteiger partial charge in [-0.2, -0.15) is 0 Å². The maximum absolute atomic E-state index is 12.0. The Hall–Kier alpha value is -0.860. The predicted octanol–water partition coefficient (Wildman–Crippen LogP) is 2.54. The highest BCUT2D eigenvalue weighted by Crippen LogP contribution is 2.27.